The molecule has 0 aliphatic carbocycles. The van der Waals surface area contributed by atoms with E-state index >= 15 is 0 Å². The number of aromatic nitrogens is 2. The second-order valence-electron chi connectivity index (χ2n) is 5.33. The van der Waals surface area contributed by atoms with Gasteiger partial charge in [-0.2, -0.15) is 4.98 Å². The van der Waals surface area contributed by atoms with Gasteiger partial charge in [0.15, 0.2) is 5.82 Å². The highest BCUT2D eigenvalue weighted by molar-refractivity contribution is 6.30. The van der Waals surface area contributed by atoms with Gasteiger partial charge in [-0.1, -0.05) is 28.9 Å². The average Bonchev–Trinajstić information content (AvgIpc) is 2.98. The van der Waals surface area contributed by atoms with E-state index in [1.165, 1.54) is 0 Å². The van der Waals surface area contributed by atoms with Crippen molar-refractivity contribution < 1.29 is 9.26 Å². The predicted octanol–water partition coefficient (Wildman–Crippen LogP) is 2.74. The molecule has 3 rings (SSSR count). The maximum Gasteiger partial charge on any atom is 0.243 e. The van der Waals surface area contributed by atoms with Gasteiger partial charge < -0.3 is 15.0 Å². The number of nitrogens with zero attached hydrogens (tertiary/aromatic N) is 2. The Bertz CT molecular complexity index is 579. The van der Waals surface area contributed by atoms with Crippen molar-refractivity contribution in [2.75, 3.05) is 13.2 Å². The number of halogens is 1. The molecule has 0 amide bonds. The summed E-state index contributed by atoms with van der Waals surface area (Å²) in [5.41, 5.74) is 7.32. The maximum atomic E-state index is 6.23. The Morgan fingerprint density at radius 2 is 1.95 bits per heavy atom. The van der Waals surface area contributed by atoms with Crippen molar-refractivity contribution in [3.63, 3.8) is 0 Å². The molecule has 112 valence electrons. The van der Waals surface area contributed by atoms with Gasteiger partial charge in [-0.25, -0.2) is 0 Å². The molecule has 1 aromatic carbocycles. The molecule has 21 heavy (non-hydrogen) atoms. The summed E-state index contributed by atoms with van der Waals surface area (Å²) >= 11 is 5.87. The van der Waals surface area contributed by atoms with E-state index in [2.05, 4.69) is 10.1 Å². The van der Waals surface area contributed by atoms with Crippen molar-refractivity contribution >= 4 is 11.6 Å². The van der Waals surface area contributed by atoms with Crippen LogP contribution in [0.2, 0.25) is 5.02 Å². The normalized spacial score (nSPS) is 17.8. The van der Waals surface area contributed by atoms with Gasteiger partial charge in [0.1, 0.15) is 0 Å². The largest absolute Gasteiger partial charge is 0.381 e. The Hall–Kier alpha value is -1.43. The smallest absolute Gasteiger partial charge is 0.243 e. The molecule has 1 aliphatic heterocycles. The molecule has 1 atom stereocenters. The van der Waals surface area contributed by atoms with Gasteiger partial charge in [-0.05, 0) is 36.5 Å². The molecule has 2 aromatic rings. The zero-order valence-corrected chi connectivity index (χ0v) is 12.4. The molecule has 0 saturated carbocycles. The van der Waals surface area contributed by atoms with Crippen molar-refractivity contribution in [1.29, 1.82) is 0 Å². The van der Waals surface area contributed by atoms with Crippen LogP contribution in [0, 0.1) is 5.92 Å². The number of ether oxygens (including phenoxy) is 1. The SMILES string of the molecule is N[C@@H](c1nc(Cc2ccc(Cl)cc2)no1)C1CCOCC1. The summed E-state index contributed by atoms with van der Waals surface area (Å²) < 4.78 is 10.7. The average molecular weight is 308 g/mol. The molecule has 0 radical (unpaired) electrons. The van der Waals surface area contributed by atoms with Crippen molar-refractivity contribution in [2.24, 2.45) is 11.7 Å². The van der Waals surface area contributed by atoms with E-state index in [9.17, 15) is 0 Å². The predicted molar refractivity (Wildman–Crippen MR) is 79.0 cm³/mol. The van der Waals surface area contributed by atoms with Crippen LogP contribution in [-0.4, -0.2) is 23.4 Å². The van der Waals surface area contributed by atoms with Crippen molar-refractivity contribution in [3.8, 4) is 0 Å². The topological polar surface area (TPSA) is 74.2 Å². The van der Waals surface area contributed by atoms with Gasteiger partial charge >= 0.3 is 0 Å². The number of rotatable bonds is 4. The first-order valence-electron chi connectivity index (χ1n) is 7.12. The van der Waals surface area contributed by atoms with Gasteiger partial charge in [0, 0.05) is 24.7 Å². The first kappa shape index (κ1) is 14.5. The van der Waals surface area contributed by atoms with E-state index < -0.39 is 0 Å². The van der Waals surface area contributed by atoms with Gasteiger partial charge in [0.05, 0.1) is 6.04 Å². The van der Waals surface area contributed by atoms with E-state index in [4.69, 9.17) is 26.6 Å². The van der Waals surface area contributed by atoms with Crippen LogP contribution in [0.15, 0.2) is 28.8 Å². The molecule has 1 fully saturated rings. The van der Waals surface area contributed by atoms with E-state index in [0.717, 1.165) is 31.6 Å². The van der Waals surface area contributed by atoms with Crippen molar-refractivity contribution in [1.82, 2.24) is 10.1 Å². The summed E-state index contributed by atoms with van der Waals surface area (Å²) in [5, 5.41) is 4.74. The van der Waals surface area contributed by atoms with E-state index in [0.29, 0.717) is 29.1 Å². The van der Waals surface area contributed by atoms with Crippen LogP contribution in [-0.2, 0) is 11.2 Å². The number of hydrogen-bond acceptors (Lipinski definition) is 5. The Balaban J connectivity index is 1.66. The molecule has 0 unspecified atom stereocenters. The fourth-order valence-electron chi connectivity index (χ4n) is 2.54. The van der Waals surface area contributed by atoms with Crippen LogP contribution in [0.1, 0.15) is 36.2 Å². The van der Waals surface area contributed by atoms with Crippen molar-refractivity contribution in [3.05, 3.63) is 46.6 Å². The van der Waals surface area contributed by atoms with Crippen LogP contribution < -0.4 is 5.73 Å². The quantitative estimate of drug-likeness (QED) is 0.940. The lowest BCUT2D eigenvalue weighted by molar-refractivity contribution is 0.0546. The third-order valence-electron chi connectivity index (χ3n) is 3.82. The minimum absolute atomic E-state index is 0.208. The molecule has 1 aliphatic rings. The summed E-state index contributed by atoms with van der Waals surface area (Å²) in [6, 6.07) is 7.41. The van der Waals surface area contributed by atoms with Gasteiger partial charge in [-0.3, -0.25) is 0 Å². The van der Waals surface area contributed by atoms with E-state index in [1.54, 1.807) is 0 Å². The minimum Gasteiger partial charge on any atom is -0.381 e. The molecule has 0 spiro atoms. The summed E-state index contributed by atoms with van der Waals surface area (Å²) in [6.07, 6.45) is 2.49. The van der Waals surface area contributed by atoms with Gasteiger partial charge in [0.2, 0.25) is 5.89 Å². The number of benzene rings is 1. The highest BCUT2D eigenvalue weighted by Crippen LogP contribution is 2.27. The minimum atomic E-state index is -0.208. The number of nitrogens with two attached hydrogens (primary N) is 1. The molecular formula is C15H18ClN3O2. The van der Waals surface area contributed by atoms with Crippen LogP contribution in [0.3, 0.4) is 0 Å². The monoisotopic (exact) mass is 307 g/mol. The fraction of sp³-hybridized carbons (Fsp3) is 0.467. The van der Waals surface area contributed by atoms with Crippen LogP contribution in [0.25, 0.3) is 0 Å². The maximum absolute atomic E-state index is 6.23. The van der Waals surface area contributed by atoms with E-state index in [-0.39, 0.29) is 6.04 Å². The lowest BCUT2D eigenvalue weighted by atomic mass is 9.92. The third kappa shape index (κ3) is 3.61. The first-order chi connectivity index (χ1) is 10.2. The Morgan fingerprint density at radius 1 is 1.24 bits per heavy atom. The Kier molecular flexibility index (Phi) is 4.53. The second kappa shape index (κ2) is 6.56. The highest BCUT2D eigenvalue weighted by atomic mass is 35.5. The zero-order chi connectivity index (χ0) is 14.7. The number of hydrogen-bond donors (Lipinski definition) is 1. The highest BCUT2D eigenvalue weighted by Gasteiger charge is 2.26. The summed E-state index contributed by atoms with van der Waals surface area (Å²) in [7, 11) is 0. The Morgan fingerprint density at radius 3 is 2.67 bits per heavy atom. The lowest BCUT2D eigenvalue weighted by Gasteiger charge is -2.25. The molecule has 1 saturated heterocycles. The van der Waals surface area contributed by atoms with E-state index in [1.807, 2.05) is 24.3 Å². The van der Waals surface area contributed by atoms with Crippen LogP contribution in [0.4, 0.5) is 0 Å². The standard InChI is InChI=1S/C15H18ClN3O2/c16-12-3-1-10(2-4-12)9-13-18-15(21-19-13)14(17)11-5-7-20-8-6-11/h1-4,11,14H,5-9,17H2/t14-/m1/s1. The third-order valence-corrected chi connectivity index (χ3v) is 4.07. The second-order valence-corrected chi connectivity index (χ2v) is 5.76. The Labute approximate surface area is 128 Å². The molecule has 1 aromatic heterocycles. The molecular weight excluding hydrogens is 290 g/mol. The van der Waals surface area contributed by atoms with Crippen molar-refractivity contribution in [2.45, 2.75) is 25.3 Å². The molecule has 5 nitrogen and oxygen atoms in total. The van der Waals surface area contributed by atoms with Crippen LogP contribution >= 0.6 is 11.6 Å². The summed E-state index contributed by atoms with van der Waals surface area (Å²) in [6.45, 7) is 1.51. The fourth-order valence-corrected chi connectivity index (χ4v) is 2.66. The molecule has 6 heteroatoms. The first-order valence-corrected chi connectivity index (χ1v) is 7.50. The molecule has 2 N–H and O–H groups in total. The molecule has 0 bridgehead atoms. The zero-order valence-electron chi connectivity index (χ0n) is 11.7. The molecule has 2 heterocycles. The van der Waals surface area contributed by atoms with Crippen LogP contribution in [0.5, 0.6) is 0 Å². The van der Waals surface area contributed by atoms with Gasteiger partial charge in [-0.15, -0.1) is 0 Å². The summed E-state index contributed by atoms with van der Waals surface area (Å²) in [5.74, 6) is 1.52. The van der Waals surface area contributed by atoms with Gasteiger partial charge in [0.25, 0.3) is 0 Å². The summed E-state index contributed by atoms with van der Waals surface area (Å²) in [4.78, 5) is 4.43. The lowest BCUT2D eigenvalue weighted by Crippen LogP contribution is -2.27.